The summed E-state index contributed by atoms with van der Waals surface area (Å²) in [6.45, 7) is 7.40. The molecule has 6 heteroatoms. The predicted octanol–water partition coefficient (Wildman–Crippen LogP) is 5.04. The molecule has 1 aliphatic heterocycles. The number of Topliss-reactive ketones (excluding diaryl/α,β-unsaturated/α-hetero) is 1. The Kier molecular flexibility index (Phi) is 7.69. The molecule has 0 aliphatic carbocycles. The van der Waals surface area contributed by atoms with Crippen LogP contribution in [0.1, 0.15) is 34.3 Å². The van der Waals surface area contributed by atoms with Crippen molar-refractivity contribution in [3.63, 3.8) is 0 Å². The highest BCUT2D eigenvalue weighted by Crippen LogP contribution is 2.41. The third-order valence-electron chi connectivity index (χ3n) is 5.05. The number of allylic oxidation sites excluding steroid dienone is 2. The van der Waals surface area contributed by atoms with E-state index in [0.717, 1.165) is 11.1 Å². The number of nitrogens with one attached hydrogen (secondary N) is 1. The van der Waals surface area contributed by atoms with Crippen molar-refractivity contribution < 1.29 is 14.3 Å². The number of hydrogen-bond donors (Lipinski definition) is 1. The van der Waals surface area contributed by atoms with E-state index in [2.05, 4.69) is 18.0 Å². The van der Waals surface area contributed by atoms with Crippen LogP contribution in [-0.2, 0) is 9.53 Å². The van der Waals surface area contributed by atoms with Gasteiger partial charge in [0.2, 0.25) is 0 Å². The van der Waals surface area contributed by atoms with Crippen molar-refractivity contribution in [2.24, 2.45) is 0 Å². The predicted molar refractivity (Wildman–Crippen MR) is 127 cm³/mol. The van der Waals surface area contributed by atoms with Crippen LogP contribution in [0, 0.1) is 18.3 Å². The number of benzene rings is 2. The van der Waals surface area contributed by atoms with Gasteiger partial charge in [-0.25, -0.2) is 4.79 Å². The molecule has 0 bridgehead atoms. The number of nitrogens with zero attached hydrogens (tertiary/aromatic N) is 1. The second-order valence-corrected chi connectivity index (χ2v) is 8.31. The van der Waals surface area contributed by atoms with E-state index in [1.54, 1.807) is 19.1 Å². The molecule has 0 saturated heterocycles. The molecule has 3 rings (SSSR count). The molecular formula is C26H24N2O3S. The molecule has 162 valence electrons. The maximum atomic E-state index is 12.8. The van der Waals surface area contributed by atoms with Crippen LogP contribution in [0.25, 0.3) is 0 Å². The molecule has 1 heterocycles. The summed E-state index contributed by atoms with van der Waals surface area (Å²) in [6, 6.07) is 19.0. The van der Waals surface area contributed by atoms with Crippen molar-refractivity contribution in [2.45, 2.75) is 19.8 Å². The van der Waals surface area contributed by atoms with E-state index in [9.17, 15) is 14.9 Å². The molecule has 1 atom stereocenters. The van der Waals surface area contributed by atoms with E-state index in [4.69, 9.17) is 4.74 Å². The van der Waals surface area contributed by atoms with Gasteiger partial charge in [0.05, 0.1) is 33.9 Å². The molecule has 2 aromatic carbocycles. The fraction of sp³-hybridized carbons (Fsp3) is 0.192. The molecule has 0 radical (unpaired) electrons. The summed E-state index contributed by atoms with van der Waals surface area (Å²) in [5.74, 6) is -0.953. The monoisotopic (exact) mass is 444 g/mol. The fourth-order valence-corrected chi connectivity index (χ4v) is 4.44. The van der Waals surface area contributed by atoms with Crippen LogP contribution in [0.3, 0.4) is 0 Å². The lowest BCUT2D eigenvalue weighted by Gasteiger charge is -2.29. The number of rotatable bonds is 8. The van der Waals surface area contributed by atoms with Gasteiger partial charge in [-0.05, 0) is 19.4 Å². The molecule has 0 aromatic heterocycles. The van der Waals surface area contributed by atoms with Gasteiger partial charge >= 0.3 is 5.97 Å². The van der Waals surface area contributed by atoms with Gasteiger partial charge in [0, 0.05) is 11.3 Å². The quantitative estimate of drug-likeness (QED) is 0.349. The van der Waals surface area contributed by atoms with Crippen molar-refractivity contribution in [1.29, 1.82) is 5.26 Å². The second kappa shape index (κ2) is 10.7. The number of carbonyl (C=O) groups excluding carboxylic acids is 2. The summed E-state index contributed by atoms with van der Waals surface area (Å²) in [7, 11) is 0. The van der Waals surface area contributed by atoms with Gasteiger partial charge in [-0.1, -0.05) is 84.6 Å². The Morgan fingerprint density at radius 1 is 1.16 bits per heavy atom. The zero-order chi connectivity index (χ0) is 23.1. The first kappa shape index (κ1) is 23.1. The Hall–Kier alpha value is -3.56. The van der Waals surface area contributed by atoms with E-state index in [0.29, 0.717) is 27.4 Å². The molecule has 32 heavy (non-hydrogen) atoms. The van der Waals surface area contributed by atoms with Gasteiger partial charge in [0.1, 0.15) is 6.61 Å². The van der Waals surface area contributed by atoms with Crippen LogP contribution >= 0.6 is 11.8 Å². The Morgan fingerprint density at radius 3 is 2.47 bits per heavy atom. The van der Waals surface area contributed by atoms with Crippen molar-refractivity contribution in [1.82, 2.24) is 5.32 Å². The van der Waals surface area contributed by atoms with Gasteiger partial charge in [-0.3, -0.25) is 4.79 Å². The third kappa shape index (κ3) is 5.19. The molecule has 0 saturated carbocycles. The number of nitriles is 1. The number of ketones is 1. The number of esters is 1. The molecule has 0 spiro atoms. The number of hydrogen-bond acceptors (Lipinski definition) is 6. The first-order valence-electron chi connectivity index (χ1n) is 10.1. The highest BCUT2D eigenvalue weighted by molar-refractivity contribution is 8.03. The van der Waals surface area contributed by atoms with Gasteiger partial charge < -0.3 is 10.1 Å². The highest BCUT2D eigenvalue weighted by atomic mass is 32.2. The number of aryl methyl sites for hydroxylation is 1. The van der Waals surface area contributed by atoms with Crippen LogP contribution in [-0.4, -0.2) is 24.1 Å². The lowest BCUT2D eigenvalue weighted by molar-refractivity contribution is -0.138. The molecule has 0 amide bonds. The van der Waals surface area contributed by atoms with Gasteiger partial charge in [-0.15, -0.1) is 0 Å². The SMILES string of the molecule is C=CCOC(=O)C1=C(C)NC(SCC(=O)c2ccc(C)cc2)=C(C#N)C1c1ccccc1. The second-order valence-electron chi connectivity index (χ2n) is 7.33. The number of carbonyl (C=O) groups is 2. The van der Waals surface area contributed by atoms with E-state index >= 15 is 0 Å². The van der Waals surface area contributed by atoms with E-state index in [1.165, 1.54) is 17.8 Å². The Balaban J connectivity index is 1.94. The summed E-state index contributed by atoms with van der Waals surface area (Å²) in [4.78, 5) is 25.5. The van der Waals surface area contributed by atoms with E-state index in [-0.39, 0.29) is 18.1 Å². The first-order valence-corrected chi connectivity index (χ1v) is 11.1. The topological polar surface area (TPSA) is 79.2 Å². The Labute approximate surface area is 192 Å². The number of thioether (sulfide) groups is 1. The van der Waals surface area contributed by atoms with E-state index in [1.807, 2.05) is 49.4 Å². The van der Waals surface area contributed by atoms with Crippen molar-refractivity contribution in [3.8, 4) is 6.07 Å². The van der Waals surface area contributed by atoms with E-state index < -0.39 is 11.9 Å². The molecule has 5 nitrogen and oxygen atoms in total. The molecule has 2 aromatic rings. The number of dihydropyridines is 1. The molecule has 1 unspecified atom stereocenters. The van der Waals surface area contributed by atoms with Crippen LogP contribution in [0.15, 0.2) is 89.1 Å². The zero-order valence-electron chi connectivity index (χ0n) is 18.1. The smallest absolute Gasteiger partial charge is 0.337 e. The lowest BCUT2D eigenvalue weighted by Crippen LogP contribution is -2.29. The Bertz CT molecular complexity index is 1130. The van der Waals surface area contributed by atoms with Gasteiger partial charge in [0.25, 0.3) is 0 Å². The normalized spacial score (nSPS) is 15.6. The van der Waals surface area contributed by atoms with Gasteiger partial charge in [-0.2, -0.15) is 5.26 Å². The Morgan fingerprint density at radius 2 is 1.84 bits per heavy atom. The highest BCUT2D eigenvalue weighted by Gasteiger charge is 2.35. The van der Waals surface area contributed by atoms with Gasteiger partial charge in [0.15, 0.2) is 5.78 Å². The van der Waals surface area contributed by atoms with Crippen LogP contribution in [0.2, 0.25) is 0 Å². The average Bonchev–Trinajstić information content (AvgIpc) is 2.81. The lowest BCUT2D eigenvalue weighted by atomic mass is 9.82. The maximum Gasteiger partial charge on any atom is 0.337 e. The molecule has 1 N–H and O–H groups in total. The standard InChI is InChI=1S/C26H24N2O3S/c1-4-14-31-26(30)23-18(3)28-25(21(15-27)24(23)20-8-6-5-7-9-20)32-16-22(29)19-12-10-17(2)11-13-19/h4-13,24,28H,1,14,16H2,2-3H3. The number of ether oxygens (including phenoxy) is 1. The third-order valence-corrected chi connectivity index (χ3v) is 6.07. The first-order chi connectivity index (χ1) is 15.5. The zero-order valence-corrected chi connectivity index (χ0v) is 18.9. The minimum atomic E-state index is -0.586. The minimum absolute atomic E-state index is 0.0318. The molecule has 1 aliphatic rings. The summed E-state index contributed by atoms with van der Waals surface area (Å²) < 4.78 is 5.30. The summed E-state index contributed by atoms with van der Waals surface area (Å²) >= 11 is 1.26. The average molecular weight is 445 g/mol. The minimum Gasteiger partial charge on any atom is -0.458 e. The van der Waals surface area contributed by atoms with Crippen LogP contribution < -0.4 is 5.32 Å². The summed E-state index contributed by atoms with van der Waals surface area (Å²) in [5, 5.41) is 13.8. The molecule has 0 fully saturated rings. The molecular weight excluding hydrogens is 420 g/mol. The van der Waals surface area contributed by atoms with Crippen LogP contribution in [0.4, 0.5) is 0 Å². The summed E-state index contributed by atoms with van der Waals surface area (Å²) in [5.41, 5.74) is 3.87. The maximum absolute atomic E-state index is 12.8. The van der Waals surface area contributed by atoms with Crippen molar-refractivity contribution >= 4 is 23.5 Å². The van der Waals surface area contributed by atoms with Crippen molar-refractivity contribution in [2.75, 3.05) is 12.4 Å². The van der Waals surface area contributed by atoms with Crippen LogP contribution in [0.5, 0.6) is 0 Å². The largest absolute Gasteiger partial charge is 0.458 e. The fourth-order valence-electron chi connectivity index (χ4n) is 3.45. The van der Waals surface area contributed by atoms with Crippen molar-refractivity contribution in [3.05, 3.63) is 106 Å². The summed E-state index contributed by atoms with van der Waals surface area (Å²) in [6.07, 6.45) is 1.50.